The zero-order chi connectivity index (χ0) is 21.8. The summed E-state index contributed by atoms with van der Waals surface area (Å²) in [4.78, 5) is 40.3. The smallest absolute Gasteiger partial charge is 0.323 e. The van der Waals surface area contributed by atoms with Crippen molar-refractivity contribution in [1.29, 1.82) is 0 Å². The summed E-state index contributed by atoms with van der Waals surface area (Å²) in [5.41, 5.74) is 0.202. The van der Waals surface area contributed by atoms with Gasteiger partial charge in [0, 0.05) is 29.8 Å². The Balaban J connectivity index is 1.55. The van der Waals surface area contributed by atoms with Gasteiger partial charge in [-0.3, -0.25) is 19.1 Å². The third-order valence-corrected chi connectivity index (χ3v) is 5.81. The molecule has 3 heterocycles. The van der Waals surface area contributed by atoms with Crippen LogP contribution in [-0.4, -0.2) is 65.4 Å². The van der Waals surface area contributed by atoms with Gasteiger partial charge in [-0.15, -0.1) is 5.10 Å². The molecule has 0 radical (unpaired) electrons. The van der Waals surface area contributed by atoms with Gasteiger partial charge in [0.1, 0.15) is 5.54 Å². The minimum Gasteiger partial charge on any atom is -0.323 e. The molecule has 0 unspecified atom stereocenters. The molecule has 0 aromatic carbocycles. The summed E-state index contributed by atoms with van der Waals surface area (Å²) in [5.74, 6) is -3.62. The number of rotatable bonds is 4. The monoisotopic (exact) mass is 421 g/mol. The van der Waals surface area contributed by atoms with Crippen molar-refractivity contribution in [3.8, 4) is 5.95 Å². The van der Waals surface area contributed by atoms with Gasteiger partial charge in [0.15, 0.2) is 5.78 Å². The molecule has 1 N–H and O–H groups in total. The Bertz CT molecular complexity index is 1050. The van der Waals surface area contributed by atoms with E-state index in [1.807, 2.05) is 0 Å². The number of aryl methyl sites for hydroxylation is 2. The van der Waals surface area contributed by atoms with Crippen LogP contribution in [0.25, 0.3) is 5.95 Å². The van der Waals surface area contributed by atoms with Gasteiger partial charge in [-0.1, -0.05) is 5.10 Å². The number of Topliss-reactive ketones (excluding diaryl/α,β-unsaturated/α-hetero) is 1. The second kappa shape index (κ2) is 6.67. The minimum absolute atomic E-state index is 0.151. The second-order valence-corrected chi connectivity index (χ2v) is 7.88. The topological polar surface area (TPSA) is 115 Å². The number of carbonyl (C=O) groups is 3. The first-order valence-electron chi connectivity index (χ1n) is 9.51. The van der Waals surface area contributed by atoms with Crippen LogP contribution >= 0.6 is 0 Å². The Morgan fingerprint density at radius 3 is 2.47 bits per heavy atom. The molecule has 2 aromatic heterocycles. The van der Waals surface area contributed by atoms with Gasteiger partial charge in [-0.2, -0.15) is 4.80 Å². The lowest BCUT2D eigenvalue weighted by atomic mass is 9.80. The number of aromatic nitrogens is 5. The van der Waals surface area contributed by atoms with E-state index in [1.54, 1.807) is 31.5 Å². The number of alkyl halides is 2. The first-order chi connectivity index (χ1) is 14.0. The summed E-state index contributed by atoms with van der Waals surface area (Å²) in [6, 6.07) is 0.895. The molecule has 1 spiro atoms. The number of halogens is 2. The van der Waals surface area contributed by atoms with Crippen molar-refractivity contribution in [3.63, 3.8) is 0 Å². The van der Waals surface area contributed by atoms with E-state index in [-0.39, 0.29) is 12.8 Å². The third-order valence-electron chi connectivity index (χ3n) is 5.81. The quantitative estimate of drug-likeness (QED) is 0.588. The standard InChI is InChI=1S/C18H21F2N7O3/c1-10-8-12(11(2)27(10)15-22-24-25(3)23-15)13(28)9-26-14(29)17(21-16(26)30)4-6-18(19,20)7-5-17/h8H,4-7,9H2,1-3H3,(H,21,30). The number of tetrazole rings is 1. The molecule has 2 aromatic rings. The molecule has 1 saturated carbocycles. The molecular weight excluding hydrogens is 400 g/mol. The van der Waals surface area contributed by atoms with E-state index in [2.05, 4.69) is 20.7 Å². The highest BCUT2D eigenvalue weighted by atomic mass is 19.3. The van der Waals surface area contributed by atoms with Crippen LogP contribution < -0.4 is 5.32 Å². The summed E-state index contributed by atoms with van der Waals surface area (Å²) in [6.07, 6.45) is -1.26. The molecular formula is C18H21F2N7O3. The van der Waals surface area contributed by atoms with Crippen LogP contribution in [0.4, 0.5) is 13.6 Å². The van der Waals surface area contributed by atoms with Crippen molar-refractivity contribution >= 4 is 17.7 Å². The number of hydrogen-bond donors (Lipinski definition) is 1. The molecule has 4 rings (SSSR count). The fourth-order valence-electron chi connectivity index (χ4n) is 4.15. The molecule has 0 atom stereocenters. The minimum atomic E-state index is -2.84. The van der Waals surface area contributed by atoms with Crippen LogP contribution in [0.5, 0.6) is 0 Å². The number of carbonyl (C=O) groups excluding carboxylic acids is 3. The normalized spacial score (nSPS) is 20.1. The molecule has 30 heavy (non-hydrogen) atoms. The molecule has 1 saturated heterocycles. The lowest BCUT2D eigenvalue weighted by Gasteiger charge is -2.34. The maximum absolute atomic E-state index is 13.5. The van der Waals surface area contributed by atoms with E-state index in [1.165, 1.54) is 4.80 Å². The Morgan fingerprint density at radius 1 is 1.20 bits per heavy atom. The van der Waals surface area contributed by atoms with Gasteiger partial charge in [-0.05, 0) is 38.0 Å². The van der Waals surface area contributed by atoms with Crippen molar-refractivity contribution in [3.05, 3.63) is 23.0 Å². The molecule has 12 heteroatoms. The Kier molecular flexibility index (Phi) is 4.47. The van der Waals surface area contributed by atoms with Crippen molar-refractivity contribution in [2.75, 3.05) is 6.54 Å². The van der Waals surface area contributed by atoms with E-state index >= 15 is 0 Å². The van der Waals surface area contributed by atoms with Gasteiger partial charge >= 0.3 is 6.03 Å². The van der Waals surface area contributed by atoms with E-state index < -0.39 is 48.6 Å². The van der Waals surface area contributed by atoms with Crippen molar-refractivity contribution < 1.29 is 23.2 Å². The van der Waals surface area contributed by atoms with Gasteiger partial charge in [-0.25, -0.2) is 13.6 Å². The first-order valence-corrected chi connectivity index (χ1v) is 9.51. The van der Waals surface area contributed by atoms with Crippen LogP contribution in [0.2, 0.25) is 0 Å². The van der Waals surface area contributed by atoms with Crippen LogP contribution in [0.1, 0.15) is 47.4 Å². The van der Waals surface area contributed by atoms with Gasteiger partial charge in [0.25, 0.3) is 11.9 Å². The predicted octanol–water partition coefficient (Wildman–Crippen LogP) is 1.30. The number of imide groups is 1. The molecule has 1 aliphatic heterocycles. The molecule has 0 bridgehead atoms. The summed E-state index contributed by atoms with van der Waals surface area (Å²) >= 11 is 0. The molecule has 1 aliphatic carbocycles. The van der Waals surface area contributed by atoms with E-state index in [4.69, 9.17) is 0 Å². The van der Waals surface area contributed by atoms with Crippen LogP contribution in [0, 0.1) is 13.8 Å². The lowest BCUT2D eigenvalue weighted by molar-refractivity contribution is -0.135. The zero-order valence-electron chi connectivity index (χ0n) is 16.8. The van der Waals surface area contributed by atoms with Crippen LogP contribution in [0.15, 0.2) is 6.07 Å². The molecule has 2 fully saturated rings. The Morgan fingerprint density at radius 2 is 1.87 bits per heavy atom. The zero-order valence-corrected chi connectivity index (χ0v) is 16.8. The fraction of sp³-hybridized carbons (Fsp3) is 0.556. The maximum Gasteiger partial charge on any atom is 0.325 e. The molecule has 10 nitrogen and oxygen atoms in total. The van der Waals surface area contributed by atoms with Crippen LogP contribution in [0.3, 0.4) is 0 Å². The highest BCUT2D eigenvalue weighted by Crippen LogP contribution is 2.41. The number of amides is 3. The average molecular weight is 421 g/mol. The Labute approximate surface area is 170 Å². The maximum atomic E-state index is 13.5. The average Bonchev–Trinajstić information content (AvgIpc) is 3.29. The molecule has 160 valence electrons. The van der Waals surface area contributed by atoms with Crippen LogP contribution in [-0.2, 0) is 11.8 Å². The highest BCUT2D eigenvalue weighted by Gasteiger charge is 2.55. The van der Waals surface area contributed by atoms with E-state index in [0.717, 1.165) is 4.90 Å². The van der Waals surface area contributed by atoms with Gasteiger partial charge < -0.3 is 5.32 Å². The first kappa shape index (κ1) is 20.1. The number of ketones is 1. The Hall–Kier alpha value is -3.18. The number of nitrogens with one attached hydrogen (secondary N) is 1. The number of urea groups is 1. The van der Waals surface area contributed by atoms with E-state index in [0.29, 0.717) is 22.9 Å². The summed E-state index contributed by atoms with van der Waals surface area (Å²) in [6.45, 7) is 3.00. The predicted molar refractivity (Wildman–Crippen MR) is 98.3 cm³/mol. The van der Waals surface area contributed by atoms with E-state index in [9.17, 15) is 23.2 Å². The summed E-state index contributed by atoms with van der Waals surface area (Å²) < 4.78 is 28.7. The van der Waals surface area contributed by atoms with Gasteiger partial charge in [0.05, 0.1) is 13.6 Å². The molecule has 2 aliphatic rings. The SMILES string of the molecule is Cc1cc(C(=O)CN2C(=O)NC3(CCC(F)(F)CC3)C2=O)c(C)n1-c1nnn(C)n1. The number of nitrogens with zero attached hydrogens (tertiary/aromatic N) is 6. The van der Waals surface area contributed by atoms with Gasteiger partial charge in [0.2, 0.25) is 5.92 Å². The van der Waals surface area contributed by atoms with Crippen molar-refractivity contribution in [2.24, 2.45) is 7.05 Å². The largest absolute Gasteiger partial charge is 0.325 e. The lowest BCUT2D eigenvalue weighted by Crippen LogP contribution is -2.51. The third kappa shape index (κ3) is 3.15. The molecule has 3 amide bonds. The fourth-order valence-corrected chi connectivity index (χ4v) is 4.15. The highest BCUT2D eigenvalue weighted by molar-refractivity contribution is 6.11. The second-order valence-electron chi connectivity index (χ2n) is 7.88. The van der Waals surface area contributed by atoms with Crippen molar-refractivity contribution in [2.45, 2.75) is 51.0 Å². The summed E-state index contributed by atoms with van der Waals surface area (Å²) in [7, 11) is 1.62. The summed E-state index contributed by atoms with van der Waals surface area (Å²) in [5, 5.41) is 14.4. The number of hydrogen-bond acceptors (Lipinski definition) is 6. The van der Waals surface area contributed by atoms with Crippen molar-refractivity contribution in [1.82, 2.24) is 35.0 Å².